The van der Waals surface area contributed by atoms with Crippen molar-refractivity contribution in [2.24, 2.45) is 0 Å². The summed E-state index contributed by atoms with van der Waals surface area (Å²) in [5.41, 5.74) is 2.62. The highest BCUT2D eigenvalue weighted by atomic mass is 32.2. The van der Waals surface area contributed by atoms with Gasteiger partial charge in [-0.05, 0) is 42.2 Å². The second kappa shape index (κ2) is 10.1. The number of allylic oxidation sites excluding steroid dienone is 2. The molecule has 29 heavy (non-hydrogen) atoms. The van der Waals surface area contributed by atoms with Gasteiger partial charge in [-0.3, -0.25) is 0 Å². The van der Waals surface area contributed by atoms with Gasteiger partial charge in [0.1, 0.15) is 4.70 Å². The minimum atomic E-state index is 0.902. The van der Waals surface area contributed by atoms with Crippen LogP contribution in [0.25, 0.3) is 16.3 Å². The number of hydrogen-bond donors (Lipinski definition) is 2. The van der Waals surface area contributed by atoms with E-state index in [-0.39, 0.29) is 0 Å². The Kier molecular flexibility index (Phi) is 7.29. The number of hydrogen-bond acceptors (Lipinski definition) is 5. The van der Waals surface area contributed by atoms with Gasteiger partial charge < -0.3 is 4.90 Å². The van der Waals surface area contributed by atoms with E-state index in [9.17, 15) is 0 Å². The largest absolute Gasteiger partial charge is 0.335 e. The van der Waals surface area contributed by atoms with Gasteiger partial charge in [-0.1, -0.05) is 53.4 Å². The van der Waals surface area contributed by atoms with Crippen LogP contribution in [0.5, 0.6) is 0 Å². The molecule has 0 unspecified atom stereocenters. The molecule has 2 nitrogen and oxygen atoms in total. The van der Waals surface area contributed by atoms with E-state index in [1.165, 1.54) is 30.8 Å². The van der Waals surface area contributed by atoms with Gasteiger partial charge in [-0.15, -0.1) is 0 Å². The van der Waals surface area contributed by atoms with E-state index in [4.69, 9.17) is 0 Å². The summed E-state index contributed by atoms with van der Waals surface area (Å²) >= 11 is 12.5. The average Bonchev–Trinajstić information content (AvgIpc) is 3.28. The van der Waals surface area contributed by atoms with Crippen molar-refractivity contribution in [2.75, 3.05) is 23.0 Å². The Bertz CT molecular complexity index is 1040. The number of nitrogens with zero attached hydrogens (tertiary/aromatic N) is 2. The molecule has 0 N–H and O–H groups in total. The van der Waals surface area contributed by atoms with Gasteiger partial charge in [0.25, 0.3) is 5.01 Å². The smallest absolute Gasteiger partial charge is 0.262 e. The molecule has 6 heteroatoms. The molecule has 0 bridgehead atoms. The monoisotopic (exact) mass is 457 g/mol. The summed E-state index contributed by atoms with van der Waals surface area (Å²) in [6.07, 6.45) is 8.83. The molecular weight excluding hydrogens is 433 g/mol. The molecule has 3 aromatic rings. The fourth-order valence-corrected chi connectivity index (χ4v) is 5.97. The van der Waals surface area contributed by atoms with Crippen LogP contribution in [0, 0.1) is 0 Å². The minimum absolute atomic E-state index is 0.902. The van der Waals surface area contributed by atoms with E-state index in [1.54, 1.807) is 0 Å². The van der Waals surface area contributed by atoms with Crippen LogP contribution in [0.4, 0.5) is 5.69 Å². The third-order valence-electron chi connectivity index (χ3n) is 4.83. The zero-order valence-corrected chi connectivity index (χ0v) is 19.6. The van der Waals surface area contributed by atoms with Crippen LogP contribution in [0.15, 0.2) is 70.6 Å². The standard InChI is InChI=1S/C23H24N2S4/c26-16-6-14-24-18-8-1-3-10-20(18)28-22(24)12-5-13-23-25(15-7-17-27)19-9-2-4-11-21(19)29-23/h1-5,8-13H,6-7,14-17H2,(H-,26,27)/p+1. The van der Waals surface area contributed by atoms with Crippen molar-refractivity contribution in [3.8, 4) is 0 Å². The lowest BCUT2D eigenvalue weighted by molar-refractivity contribution is -0.668. The van der Waals surface area contributed by atoms with E-state index in [2.05, 4.69) is 101 Å². The van der Waals surface area contributed by atoms with E-state index in [1.807, 2.05) is 23.1 Å². The van der Waals surface area contributed by atoms with E-state index in [0.29, 0.717) is 0 Å². The lowest BCUT2D eigenvalue weighted by Gasteiger charge is -2.19. The predicted octanol–water partition coefficient (Wildman–Crippen LogP) is 6.30. The number of aromatic nitrogens is 1. The van der Waals surface area contributed by atoms with Crippen molar-refractivity contribution in [1.29, 1.82) is 0 Å². The highest BCUT2D eigenvalue weighted by molar-refractivity contribution is 8.03. The van der Waals surface area contributed by atoms with Crippen molar-refractivity contribution in [3.63, 3.8) is 0 Å². The molecule has 1 aliphatic heterocycles. The van der Waals surface area contributed by atoms with Crippen LogP contribution in [0.1, 0.15) is 17.8 Å². The molecule has 0 saturated carbocycles. The zero-order valence-electron chi connectivity index (χ0n) is 16.2. The first kappa shape index (κ1) is 20.9. The molecule has 1 aromatic heterocycles. The number of benzene rings is 2. The van der Waals surface area contributed by atoms with Crippen LogP contribution in [-0.4, -0.2) is 18.1 Å². The molecule has 0 spiro atoms. The van der Waals surface area contributed by atoms with Crippen LogP contribution in [0.3, 0.4) is 0 Å². The predicted molar refractivity (Wildman–Crippen MR) is 136 cm³/mol. The molecule has 150 valence electrons. The number of thiazole rings is 1. The summed E-state index contributed by atoms with van der Waals surface area (Å²) < 4.78 is 3.75. The molecule has 0 fully saturated rings. The highest BCUT2D eigenvalue weighted by Gasteiger charge is 2.23. The molecule has 4 rings (SSSR count). The van der Waals surface area contributed by atoms with E-state index in [0.717, 1.165) is 37.4 Å². The maximum atomic E-state index is 4.40. The van der Waals surface area contributed by atoms with Gasteiger partial charge in [-0.25, -0.2) is 0 Å². The lowest BCUT2D eigenvalue weighted by atomic mass is 10.3. The zero-order chi connectivity index (χ0) is 20.1. The van der Waals surface area contributed by atoms with Gasteiger partial charge in [0.15, 0.2) is 6.54 Å². The number of thioether (sulfide) groups is 1. The summed E-state index contributed by atoms with van der Waals surface area (Å²) in [6.45, 7) is 2.00. The van der Waals surface area contributed by atoms with Crippen molar-refractivity contribution >= 4 is 70.3 Å². The maximum Gasteiger partial charge on any atom is 0.262 e. The molecule has 0 atom stereocenters. The number of para-hydroxylation sites is 2. The molecule has 0 radical (unpaired) electrons. The third kappa shape index (κ3) is 4.71. The Morgan fingerprint density at radius 2 is 1.76 bits per heavy atom. The number of thiol groups is 2. The highest BCUT2D eigenvalue weighted by Crippen LogP contribution is 2.45. The number of aryl methyl sites for hydroxylation is 1. The van der Waals surface area contributed by atoms with Crippen molar-refractivity contribution < 1.29 is 4.57 Å². The van der Waals surface area contributed by atoms with Gasteiger partial charge in [0, 0.05) is 30.0 Å². The third-order valence-corrected chi connectivity index (χ3v) is 7.72. The summed E-state index contributed by atoms with van der Waals surface area (Å²) in [5.74, 6) is 1.80. The van der Waals surface area contributed by atoms with E-state index >= 15 is 0 Å². The van der Waals surface area contributed by atoms with Crippen LogP contribution in [0.2, 0.25) is 0 Å². The topological polar surface area (TPSA) is 7.12 Å². The molecule has 2 heterocycles. The first-order valence-electron chi connectivity index (χ1n) is 9.87. The quantitative estimate of drug-likeness (QED) is 0.303. The van der Waals surface area contributed by atoms with Crippen molar-refractivity contribution in [2.45, 2.75) is 24.3 Å². The van der Waals surface area contributed by atoms with Crippen LogP contribution < -0.4 is 9.47 Å². The number of rotatable bonds is 8. The fourth-order valence-electron chi connectivity index (χ4n) is 3.49. The first-order chi connectivity index (χ1) is 14.3. The van der Waals surface area contributed by atoms with E-state index < -0.39 is 0 Å². The average molecular weight is 458 g/mol. The van der Waals surface area contributed by atoms with Gasteiger partial charge in [-0.2, -0.15) is 29.8 Å². The minimum Gasteiger partial charge on any atom is -0.335 e. The maximum absolute atomic E-state index is 4.40. The SMILES string of the molecule is SCCCN1/C(=C/C=C/c2sc3ccccc3[n+]2CCCS)Sc2ccccc21. The molecule has 2 aromatic carbocycles. The number of fused-ring (bicyclic) bond motifs is 2. The molecule has 0 saturated heterocycles. The van der Waals surface area contributed by atoms with Gasteiger partial charge >= 0.3 is 0 Å². The van der Waals surface area contributed by atoms with Crippen LogP contribution in [-0.2, 0) is 6.54 Å². The summed E-state index contributed by atoms with van der Waals surface area (Å²) in [7, 11) is 0. The van der Waals surface area contributed by atoms with Crippen molar-refractivity contribution in [1.82, 2.24) is 0 Å². The van der Waals surface area contributed by atoms with Crippen LogP contribution >= 0.6 is 48.4 Å². The Morgan fingerprint density at radius 1 is 0.966 bits per heavy atom. The van der Waals surface area contributed by atoms with Crippen molar-refractivity contribution in [3.05, 3.63) is 70.7 Å². The summed E-state index contributed by atoms with van der Waals surface area (Å²) in [4.78, 5) is 3.75. The first-order valence-corrected chi connectivity index (χ1v) is 12.8. The normalized spacial score (nSPS) is 15.1. The molecule has 0 amide bonds. The Morgan fingerprint density at radius 3 is 2.62 bits per heavy atom. The second-order valence-corrected chi connectivity index (χ2v) is 9.82. The molecule has 1 aliphatic rings. The second-order valence-electron chi connectivity index (χ2n) is 6.80. The van der Waals surface area contributed by atoms with Gasteiger partial charge in [0.05, 0.1) is 10.7 Å². The Balaban J connectivity index is 1.61. The number of anilines is 1. The summed E-state index contributed by atoms with van der Waals surface area (Å²) in [6, 6.07) is 17.3. The summed E-state index contributed by atoms with van der Waals surface area (Å²) in [5, 5.41) is 2.57. The molecular formula is C23H25N2S4+. The Labute approximate surface area is 192 Å². The molecule has 0 aliphatic carbocycles. The lowest BCUT2D eigenvalue weighted by Crippen LogP contribution is -2.35. The Hall–Kier alpha value is -1.34. The fraction of sp³-hybridized carbons (Fsp3) is 0.261. The van der Waals surface area contributed by atoms with Gasteiger partial charge in [0.2, 0.25) is 5.52 Å².